The van der Waals surface area contributed by atoms with E-state index < -0.39 is 0 Å². The number of nitrogens with zero attached hydrogens (tertiary/aromatic N) is 3. The standard InChI is InChI=1S/C21H18ClN3/c1-13-7-9-16(10-8-13)20-15(3)24-25-18(12-19(22)23-21(20)25)17-6-4-5-14(2)11-17/h4-12H,1-3H3. The Balaban J connectivity index is 2.02. The largest absolute Gasteiger partial charge is 0.216 e. The zero-order valence-corrected chi connectivity index (χ0v) is 15.2. The predicted octanol–water partition coefficient (Wildman–Crippen LogP) is 5.64. The predicted molar refractivity (Wildman–Crippen MR) is 103 cm³/mol. The van der Waals surface area contributed by atoms with Crippen LogP contribution in [0.25, 0.3) is 28.0 Å². The van der Waals surface area contributed by atoms with E-state index in [0.717, 1.165) is 33.7 Å². The fraction of sp³-hybridized carbons (Fsp3) is 0.143. The van der Waals surface area contributed by atoms with Crippen molar-refractivity contribution in [1.29, 1.82) is 0 Å². The highest BCUT2D eigenvalue weighted by Gasteiger charge is 2.17. The monoisotopic (exact) mass is 347 g/mol. The van der Waals surface area contributed by atoms with Crippen LogP contribution in [0.4, 0.5) is 0 Å². The summed E-state index contributed by atoms with van der Waals surface area (Å²) in [6, 6.07) is 18.6. The van der Waals surface area contributed by atoms with Crippen LogP contribution in [0.1, 0.15) is 16.8 Å². The quantitative estimate of drug-likeness (QED) is 0.439. The summed E-state index contributed by atoms with van der Waals surface area (Å²) in [6.07, 6.45) is 0. The maximum absolute atomic E-state index is 6.36. The molecule has 25 heavy (non-hydrogen) atoms. The minimum absolute atomic E-state index is 0.470. The lowest BCUT2D eigenvalue weighted by Gasteiger charge is -2.07. The van der Waals surface area contributed by atoms with Crippen LogP contribution in [0, 0.1) is 20.8 Å². The highest BCUT2D eigenvalue weighted by atomic mass is 35.5. The van der Waals surface area contributed by atoms with E-state index in [4.69, 9.17) is 16.7 Å². The Bertz CT molecular complexity index is 1080. The van der Waals surface area contributed by atoms with E-state index in [1.54, 1.807) is 0 Å². The van der Waals surface area contributed by atoms with Gasteiger partial charge in [0, 0.05) is 17.2 Å². The molecule has 3 nitrogen and oxygen atoms in total. The lowest BCUT2D eigenvalue weighted by atomic mass is 10.0. The summed E-state index contributed by atoms with van der Waals surface area (Å²) in [5, 5.41) is 5.22. The summed E-state index contributed by atoms with van der Waals surface area (Å²) in [5.41, 5.74) is 8.29. The smallest absolute Gasteiger partial charge is 0.165 e. The van der Waals surface area contributed by atoms with Gasteiger partial charge in [-0.05, 0) is 32.4 Å². The molecule has 0 fully saturated rings. The van der Waals surface area contributed by atoms with Gasteiger partial charge in [0.15, 0.2) is 5.65 Å². The van der Waals surface area contributed by atoms with Crippen molar-refractivity contribution in [3.8, 4) is 22.4 Å². The maximum atomic E-state index is 6.36. The van der Waals surface area contributed by atoms with Gasteiger partial charge in [0.1, 0.15) is 5.15 Å². The molecule has 4 rings (SSSR count). The normalized spacial score (nSPS) is 11.2. The average Bonchev–Trinajstić information content (AvgIpc) is 2.91. The molecule has 0 bridgehead atoms. The van der Waals surface area contributed by atoms with E-state index in [0.29, 0.717) is 5.15 Å². The third-order valence-electron chi connectivity index (χ3n) is 4.39. The lowest BCUT2D eigenvalue weighted by Crippen LogP contribution is -1.97. The van der Waals surface area contributed by atoms with Gasteiger partial charge in [-0.25, -0.2) is 9.50 Å². The summed E-state index contributed by atoms with van der Waals surface area (Å²) in [4.78, 5) is 4.57. The molecule has 0 amide bonds. The van der Waals surface area contributed by atoms with E-state index >= 15 is 0 Å². The molecule has 0 saturated carbocycles. The van der Waals surface area contributed by atoms with E-state index in [-0.39, 0.29) is 0 Å². The van der Waals surface area contributed by atoms with Crippen molar-refractivity contribution in [1.82, 2.24) is 14.6 Å². The molecule has 2 aromatic carbocycles. The van der Waals surface area contributed by atoms with Crippen LogP contribution in [-0.4, -0.2) is 14.6 Å². The van der Waals surface area contributed by atoms with Crippen molar-refractivity contribution in [3.63, 3.8) is 0 Å². The van der Waals surface area contributed by atoms with Gasteiger partial charge in [-0.1, -0.05) is 65.2 Å². The number of hydrogen-bond donors (Lipinski definition) is 0. The SMILES string of the molecule is Cc1ccc(-c2c(C)nn3c(-c4cccc(C)c4)cc(Cl)nc23)cc1. The number of fused-ring (bicyclic) bond motifs is 1. The van der Waals surface area contributed by atoms with Crippen LogP contribution < -0.4 is 0 Å². The van der Waals surface area contributed by atoms with Gasteiger partial charge in [0.05, 0.1) is 11.4 Å². The third-order valence-corrected chi connectivity index (χ3v) is 4.58. The molecule has 0 aliphatic heterocycles. The summed E-state index contributed by atoms with van der Waals surface area (Å²) in [6.45, 7) is 6.17. The average molecular weight is 348 g/mol. The Hall–Kier alpha value is -2.65. The number of aryl methyl sites for hydroxylation is 3. The van der Waals surface area contributed by atoms with E-state index in [1.807, 2.05) is 23.6 Å². The van der Waals surface area contributed by atoms with E-state index in [2.05, 4.69) is 61.3 Å². The molecule has 0 spiro atoms. The fourth-order valence-electron chi connectivity index (χ4n) is 3.16. The lowest BCUT2D eigenvalue weighted by molar-refractivity contribution is 0.925. The third kappa shape index (κ3) is 2.81. The molecular weight excluding hydrogens is 330 g/mol. The summed E-state index contributed by atoms with van der Waals surface area (Å²) in [5.74, 6) is 0. The zero-order valence-electron chi connectivity index (χ0n) is 14.4. The van der Waals surface area contributed by atoms with Gasteiger partial charge in [-0.3, -0.25) is 0 Å². The summed E-state index contributed by atoms with van der Waals surface area (Å²) >= 11 is 6.36. The van der Waals surface area contributed by atoms with Gasteiger partial charge in [0.25, 0.3) is 0 Å². The Morgan fingerprint density at radius 1 is 0.840 bits per heavy atom. The van der Waals surface area contributed by atoms with Crippen molar-refractivity contribution in [2.75, 3.05) is 0 Å². The maximum Gasteiger partial charge on any atom is 0.165 e. The minimum atomic E-state index is 0.470. The topological polar surface area (TPSA) is 30.2 Å². The number of hydrogen-bond acceptors (Lipinski definition) is 2. The molecule has 2 aromatic heterocycles. The molecule has 0 aliphatic carbocycles. The van der Waals surface area contributed by atoms with Crippen LogP contribution in [0.3, 0.4) is 0 Å². The van der Waals surface area contributed by atoms with E-state index in [9.17, 15) is 0 Å². The first-order valence-corrected chi connectivity index (χ1v) is 8.61. The van der Waals surface area contributed by atoms with Crippen molar-refractivity contribution in [2.45, 2.75) is 20.8 Å². The fourth-order valence-corrected chi connectivity index (χ4v) is 3.35. The van der Waals surface area contributed by atoms with Crippen LogP contribution in [-0.2, 0) is 0 Å². The molecule has 2 heterocycles. The van der Waals surface area contributed by atoms with E-state index in [1.165, 1.54) is 11.1 Å². The molecule has 124 valence electrons. The number of halogens is 1. The van der Waals surface area contributed by atoms with Crippen molar-refractivity contribution < 1.29 is 0 Å². The molecule has 0 saturated heterocycles. The van der Waals surface area contributed by atoms with Gasteiger partial charge in [-0.2, -0.15) is 5.10 Å². The Morgan fingerprint density at radius 3 is 2.32 bits per heavy atom. The molecule has 0 aliphatic rings. The second-order valence-corrected chi connectivity index (χ2v) is 6.78. The van der Waals surface area contributed by atoms with Crippen LogP contribution >= 0.6 is 11.6 Å². The number of rotatable bonds is 2. The highest BCUT2D eigenvalue weighted by Crippen LogP contribution is 2.32. The summed E-state index contributed by atoms with van der Waals surface area (Å²) in [7, 11) is 0. The first-order chi connectivity index (χ1) is 12.0. The number of aromatic nitrogens is 3. The second-order valence-electron chi connectivity index (χ2n) is 6.40. The first-order valence-electron chi connectivity index (χ1n) is 8.23. The molecule has 0 unspecified atom stereocenters. The van der Waals surface area contributed by atoms with Crippen molar-refractivity contribution in [2.24, 2.45) is 0 Å². The van der Waals surface area contributed by atoms with Crippen molar-refractivity contribution in [3.05, 3.63) is 76.6 Å². The Morgan fingerprint density at radius 2 is 1.60 bits per heavy atom. The minimum Gasteiger partial charge on any atom is -0.216 e. The summed E-state index contributed by atoms with van der Waals surface area (Å²) < 4.78 is 1.89. The van der Waals surface area contributed by atoms with Gasteiger partial charge in [0.2, 0.25) is 0 Å². The molecule has 4 heteroatoms. The Kier molecular flexibility index (Phi) is 3.81. The van der Waals surface area contributed by atoms with Crippen LogP contribution in [0.15, 0.2) is 54.6 Å². The van der Waals surface area contributed by atoms with Crippen molar-refractivity contribution >= 4 is 17.2 Å². The molecular formula is C21H18ClN3. The zero-order chi connectivity index (χ0) is 17.6. The molecule has 0 atom stereocenters. The molecule has 4 aromatic rings. The van der Waals surface area contributed by atoms with Gasteiger partial charge < -0.3 is 0 Å². The van der Waals surface area contributed by atoms with Gasteiger partial charge in [-0.15, -0.1) is 0 Å². The van der Waals surface area contributed by atoms with Crippen LogP contribution in [0.2, 0.25) is 5.15 Å². The molecule has 0 radical (unpaired) electrons. The van der Waals surface area contributed by atoms with Crippen LogP contribution in [0.5, 0.6) is 0 Å². The molecule has 0 N–H and O–H groups in total. The Labute approximate surface area is 151 Å². The number of benzene rings is 2. The first kappa shape index (κ1) is 15.9. The van der Waals surface area contributed by atoms with Gasteiger partial charge >= 0.3 is 0 Å². The highest BCUT2D eigenvalue weighted by molar-refractivity contribution is 6.29. The second kappa shape index (κ2) is 6.01.